The smallest absolute Gasteiger partial charge is 0.0641 e. The summed E-state index contributed by atoms with van der Waals surface area (Å²) in [5, 5.41) is 21.5. The summed E-state index contributed by atoms with van der Waals surface area (Å²) in [6, 6.07) is 12.5. The van der Waals surface area contributed by atoms with Gasteiger partial charge < -0.3 is 10.4 Å². The molecule has 0 heterocycles. The van der Waals surface area contributed by atoms with Crippen LogP contribution in [0.5, 0.6) is 0 Å². The molecule has 1 atom stereocenters. The summed E-state index contributed by atoms with van der Waals surface area (Å²) >= 11 is 0. The molecule has 1 aromatic carbocycles. The summed E-state index contributed by atoms with van der Waals surface area (Å²) in [4.78, 5) is 0. The van der Waals surface area contributed by atoms with Crippen molar-refractivity contribution in [2.24, 2.45) is 5.41 Å². The van der Waals surface area contributed by atoms with Gasteiger partial charge in [0.25, 0.3) is 0 Å². The Hall–Kier alpha value is -1.37. The molecular formula is C15H20N2O. The van der Waals surface area contributed by atoms with Gasteiger partial charge in [0.2, 0.25) is 0 Å². The Kier molecular flexibility index (Phi) is 4.35. The van der Waals surface area contributed by atoms with E-state index in [4.69, 9.17) is 10.4 Å². The molecule has 0 amide bonds. The number of hydrogen-bond acceptors (Lipinski definition) is 3. The first-order valence-corrected chi connectivity index (χ1v) is 6.56. The van der Waals surface area contributed by atoms with Crippen molar-refractivity contribution in [3.8, 4) is 6.07 Å². The van der Waals surface area contributed by atoms with Crippen LogP contribution in [-0.2, 0) is 0 Å². The van der Waals surface area contributed by atoms with E-state index < -0.39 is 0 Å². The monoisotopic (exact) mass is 244 g/mol. The highest BCUT2D eigenvalue weighted by atomic mass is 16.3. The van der Waals surface area contributed by atoms with Gasteiger partial charge in [-0.25, -0.2) is 0 Å². The maximum atomic E-state index is 9.05. The van der Waals surface area contributed by atoms with Crippen molar-refractivity contribution in [1.29, 1.82) is 5.26 Å². The first kappa shape index (κ1) is 13.1. The maximum Gasteiger partial charge on any atom is 0.0641 e. The fraction of sp³-hybridized carbons (Fsp3) is 0.533. The van der Waals surface area contributed by atoms with Gasteiger partial charge in [-0.3, -0.25) is 0 Å². The third kappa shape index (κ3) is 3.32. The van der Waals surface area contributed by atoms with Gasteiger partial charge in [0.1, 0.15) is 0 Å². The summed E-state index contributed by atoms with van der Waals surface area (Å²) in [5.41, 5.74) is 1.45. The highest BCUT2D eigenvalue weighted by molar-refractivity contribution is 5.20. The van der Waals surface area contributed by atoms with Gasteiger partial charge in [-0.2, -0.15) is 5.26 Å². The topological polar surface area (TPSA) is 56.0 Å². The third-order valence-electron chi connectivity index (χ3n) is 3.82. The second-order valence-corrected chi connectivity index (χ2v) is 5.18. The van der Waals surface area contributed by atoms with E-state index in [1.807, 2.05) is 18.2 Å². The van der Waals surface area contributed by atoms with Crippen LogP contribution in [-0.4, -0.2) is 18.3 Å². The molecule has 2 N–H and O–H groups in total. The third-order valence-corrected chi connectivity index (χ3v) is 3.82. The van der Waals surface area contributed by atoms with E-state index in [0.717, 1.165) is 13.0 Å². The second kappa shape index (κ2) is 5.99. The summed E-state index contributed by atoms with van der Waals surface area (Å²) in [6.45, 7) is 1.16. The lowest BCUT2D eigenvalue weighted by Crippen LogP contribution is -2.28. The molecule has 3 heteroatoms. The Bertz CT molecular complexity index is 406. The number of benzene rings is 1. The molecule has 1 saturated carbocycles. The minimum Gasteiger partial charge on any atom is -0.396 e. The standard InChI is InChI=1S/C15H20N2O/c16-10-6-14(13-4-2-1-3-5-13)17-12-15(7-8-15)9-11-18/h1-5,14,17-18H,6-9,11-12H2. The zero-order valence-electron chi connectivity index (χ0n) is 10.6. The van der Waals surface area contributed by atoms with Crippen LogP contribution in [0.4, 0.5) is 0 Å². The highest BCUT2D eigenvalue weighted by Crippen LogP contribution is 2.48. The molecule has 1 aromatic rings. The summed E-state index contributed by atoms with van der Waals surface area (Å²) < 4.78 is 0. The average molecular weight is 244 g/mol. The van der Waals surface area contributed by atoms with Crippen LogP contribution in [0.1, 0.15) is 37.3 Å². The first-order valence-electron chi connectivity index (χ1n) is 6.56. The van der Waals surface area contributed by atoms with Gasteiger partial charge in [-0.05, 0) is 30.2 Å². The molecule has 96 valence electrons. The predicted molar refractivity (Wildman–Crippen MR) is 70.8 cm³/mol. The number of aliphatic hydroxyl groups is 1. The van der Waals surface area contributed by atoms with Crippen molar-refractivity contribution in [3.05, 3.63) is 35.9 Å². The zero-order chi connectivity index (χ0) is 12.8. The Morgan fingerprint density at radius 3 is 2.61 bits per heavy atom. The lowest BCUT2D eigenvalue weighted by Gasteiger charge is -2.21. The first-order chi connectivity index (χ1) is 8.79. The Morgan fingerprint density at radius 1 is 1.33 bits per heavy atom. The second-order valence-electron chi connectivity index (χ2n) is 5.18. The van der Waals surface area contributed by atoms with Crippen LogP contribution in [0.2, 0.25) is 0 Å². The zero-order valence-corrected chi connectivity index (χ0v) is 10.6. The Labute approximate surface area is 108 Å². The largest absolute Gasteiger partial charge is 0.396 e. The molecule has 3 nitrogen and oxygen atoms in total. The molecule has 2 rings (SSSR count). The molecule has 1 fully saturated rings. The van der Waals surface area contributed by atoms with Gasteiger partial charge in [-0.1, -0.05) is 30.3 Å². The van der Waals surface area contributed by atoms with Gasteiger partial charge in [0, 0.05) is 19.2 Å². The van der Waals surface area contributed by atoms with E-state index in [1.165, 1.54) is 18.4 Å². The van der Waals surface area contributed by atoms with E-state index in [1.54, 1.807) is 0 Å². The Balaban J connectivity index is 1.93. The minimum absolute atomic E-state index is 0.104. The maximum absolute atomic E-state index is 9.05. The van der Waals surface area contributed by atoms with Crippen molar-refractivity contribution in [2.75, 3.05) is 13.2 Å². The molecule has 0 spiro atoms. The number of hydrogen-bond donors (Lipinski definition) is 2. The van der Waals surface area contributed by atoms with Crippen molar-refractivity contribution in [2.45, 2.75) is 31.7 Å². The molecule has 1 aliphatic rings. The molecule has 1 unspecified atom stereocenters. The molecule has 0 saturated heterocycles. The van der Waals surface area contributed by atoms with Crippen LogP contribution >= 0.6 is 0 Å². The molecule has 1 aliphatic carbocycles. The quantitative estimate of drug-likeness (QED) is 0.774. The number of nitrogens with zero attached hydrogens (tertiary/aromatic N) is 1. The molecule has 18 heavy (non-hydrogen) atoms. The van der Waals surface area contributed by atoms with Gasteiger partial charge in [0.05, 0.1) is 12.5 Å². The van der Waals surface area contributed by atoms with E-state index >= 15 is 0 Å². The predicted octanol–water partition coefficient (Wildman–Crippen LogP) is 2.39. The van der Waals surface area contributed by atoms with Gasteiger partial charge in [0.15, 0.2) is 0 Å². The molecule has 0 radical (unpaired) electrons. The number of rotatable bonds is 7. The fourth-order valence-electron chi connectivity index (χ4n) is 2.35. The minimum atomic E-state index is 0.104. The van der Waals surface area contributed by atoms with E-state index in [0.29, 0.717) is 6.42 Å². The number of aliphatic hydroxyl groups excluding tert-OH is 1. The summed E-state index contributed by atoms with van der Waals surface area (Å²) in [7, 11) is 0. The van der Waals surface area contributed by atoms with Gasteiger partial charge >= 0.3 is 0 Å². The van der Waals surface area contributed by atoms with Crippen molar-refractivity contribution >= 4 is 0 Å². The fourth-order valence-corrected chi connectivity index (χ4v) is 2.35. The number of nitrogens with one attached hydrogen (secondary N) is 1. The van der Waals surface area contributed by atoms with Crippen molar-refractivity contribution in [1.82, 2.24) is 5.32 Å². The summed E-state index contributed by atoms with van der Waals surface area (Å²) in [6.07, 6.45) is 3.73. The molecule has 0 bridgehead atoms. The average Bonchev–Trinajstić information content (AvgIpc) is 3.16. The van der Waals surface area contributed by atoms with Crippen LogP contribution in [0.3, 0.4) is 0 Å². The number of nitriles is 1. The van der Waals surface area contributed by atoms with E-state index in [2.05, 4.69) is 23.5 Å². The van der Waals surface area contributed by atoms with Crippen molar-refractivity contribution in [3.63, 3.8) is 0 Å². The van der Waals surface area contributed by atoms with Gasteiger partial charge in [-0.15, -0.1) is 0 Å². The van der Waals surface area contributed by atoms with Crippen LogP contribution < -0.4 is 5.32 Å². The van der Waals surface area contributed by atoms with Crippen LogP contribution in [0, 0.1) is 16.7 Å². The van der Waals surface area contributed by atoms with E-state index in [-0.39, 0.29) is 18.1 Å². The highest BCUT2D eigenvalue weighted by Gasteiger charge is 2.41. The van der Waals surface area contributed by atoms with Crippen LogP contribution in [0.15, 0.2) is 30.3 Å². The lowest BCUT2D eigenvalue weighted by molar-refractivity contribution is 0.242. The molecular weight excluding hydrogens is 224 g/mol. The molecule has 0 aromatic heterocycles. The van der Waals surface area contributed by atoms with E-state index in [9.17, 15) is 0 Å². The summed E-state index contributed by atoms with van der Waals surface area (Å²) in [5.74, 6) is 0. The Morgan fingerprint density at radius 2 is 2.06 bits per heavy atom. The van der Waals surface area contributed by atoms with Crippen LogP contribution in [0.25, 0.3) is 0 Å². The normalized spacial score (nSPS) is 18.0. The molecule has 0 aliphatic heterocycles. The lowest BCUT2D eigenvalue weighted by atomic mass is 10.00. The SMILES string of the molecule is N#CCC(NCC1(CCO)CC1)c1ccccc1. The van der Waals surface area contributed by atoms with Crippen molar-refractivity contribution < 1.29 is 5.11 Å².